The summed E-state index contributed by atoms with van der Waals surface area (Å²) in [6.45, 7) is 4.03. The number of nitro groups is 1. The molecule has 1 rings (SSSR count). The second kappa shape index (κ2) is 6.11. The van der Waals surface area contributed by atoms with Crippen LogP contribution in [0.2, 0.25) is 0 Å². The first-order chi connectivity index (χ1) is 8.41. The zero-order valence-corrected chi connectivity index (χ0v) is 10.5. The molecule has 0 bridgehead atoms. The molecule has 1 unspecified atom stereocenters. The van der Waals surface area contributed by atoms with Gasteiger partial charge in [-0.1, -0.05) is 0 Å². The number of nitrogens with two attached hydrogens (primary N) is 1. The Morgan fingerprint density at radius 3 is 2.72 bits per heavy atom. The average molecular weight is 251 g/mol. The molecule has 6 nitrogen and oxygen atoms in total. The lowest BCUT2D eigenvalue weighted by Gasteiger charge is -2.09. The summed E-state index contributed by atoms with van der Waals surface area (Å²) in [4.78, 5) is 21.9. The maximum atomic E-state index is 11.8. The van der Waals surface area contributed by atoms with Gasteiger partial charge in [-0.2, -0.15) is 0 Å². The third-order valence-electron chi connectivity index (χ3n) is 2.55. The molecule has 0 aromatic heterocycles. The van der Waals surface area contributed by atoms with Crippen LogP contribution in [0.1, 0.15) is 29.3 Å². The number of carbonyl (C=O) groups is 1. The monoisotopic (exact) mass is 251 g/mol. The normalized spacial score (nSPS) is 11.9. The summed E-state index contributed by atoms with van der Waals surface area (Å²) in [6, 6.07) is 4.21. The fraction of sp³-hybridized carbons (Fsp3) is 0.417. The van der Waals surface area contributed by atoms with Crippen molar-refractivity contribution in [3.05, 3.63) is 39.4 Å². The number of aryl methyl sites for hydroxylation is 1. The first-order valence-corrected chi connectivity index (χ1v) is 5.70. The summed E-state index contributed by atoms with van der Waals surface area (Å²) in [5, 5.41) is 13.3. The molecule has 0 fully saturated rings. The van der Waals surface area contributed by atoms with Crippen LogP contribution in [0.25, 0.3) is 0 Å². The number of non-ortho nitro benzene ring substituents is 1. The molecule has 0 radical (unpaired) electrons. The van der Waals surface area contributed by atoms with Gasteiger partial charge in [0.25, 0.3) is 11.6 Å². The fourth-order valence-corrected chi connectivity index (χ4v) is 1.52. The molecule has 0 saturated heterocycles. The van der Waals surface area contributed by atoms with Crippen molar-refractivity contribution in [2.24, 2.45) is 5.73 Å². The van der Waals surface area contributed by atoms with Gasteiger partial charge >= 0.3 is 0 Å². The third kappa shape index (κ3) is 3.81. The topological polar surface area (TPSA) is 98.3 Å². The molecule has 0 heterocycles. The lowest BCUT2D eigenvalue weighted by molar-refractivity contribution is -0.384. The molecule has 1 atom stereocenters. The van der Waals surface area contributed by atoms with E-state index >= 15 is 0 Å². The molecule has 1 aromatic carbocycles. The van der Waals surface area contributed by atoms with Gasteiger partial charge in [0.15, 0.2) is 0 Å². The number of nitrogens with one attached hydrogen (secondary N) is 1. The summed E-state index contributed by atoms with van der Waals surface area (Å²) >= 11 is 0. The summed E-state index contributed by atoms with van der Waals surface area (Å²) in [5.74, 6) is -0.233. The van der Waals surface area contributed by atoms with Gasteiger partial charge in [-0.25, -0.2) is 0 Å². The number of benzene rings is 1. The lowest BCUT2D eigenvalue weighted by atomic mass is 10.1. The number of hydrogen-bond donors (Lipinski definition) is 2. The summed E-state index contributed by atoms with van der Waals surface area (Å²) in [7, 11) is 0. The fourth-order valence-electron chi connectivity index (χ4n) is 1.52. The van der Waals surface area contributed by atoms with E-state index in [0.29, 0.717) is 24.1 Å². The van der Waals surface area contributed by atoms with E-state index in [-0.39, 0.29) is 17.6 Å². The van der Waals surface area contributed by atoms with Gasteiger partial charge in [0.05, 0.1) is 4.92 Å². The highest BCUT2D eigenvalue weighted by molar-refractivity contribution is 5.95. The molecule has 0 saturated carbocycles. The van der Waals surface area contributed by atoms with Gasteiger partial charge in [-0.15, -0.1) is 0 Å². The molecule has 1 aromatic rings. The molecular formula is C12H17N3O3. The van der Waals surface area contributed by atoms with Crippen LogP contribution in [0.5, 0.6) is 0 Å². The maximum absolute atomic E-state index is 11.8. The van der Waals surface area contributed by atoms with Crippen LogP contribution in [-0.4, -0.2) is 23.4 Å². The first kappa shape index (κ1) is 14.1. The van der Waals surface area contributed by atoms with Crippen LogP contribution in [0.15, 0.2) is 18.2 Å². The predicted molar refractivity (Wildman–Crippen MR) is 68.4 cm³/mol. The Labute approximate surface area is 105 Å². The van der Waals surface area contributed by atoms with Gasteiger partial charge < -0.3 is 11.1 Å². The number of amides is 1. The Bertz CT molecular complexity index is 458. The molecule has 1 amide bonds. The third-order valence-corrected chi connectivity index (χ3v) is 2.55. The number of nitrogens with zero attached hydrogens (tertiary/aromatic N) is 1. The average Bonchev–Trinajstić information content (AvgIpc) is 2.27. The highest BCUT2D eigenvalue weighted by Crippen LogP contribution is 2.16. The molecule has 18 heavy (non-hydrogen) atoms. The second-order valence-corrected chi connectivity index (χ2v) is 4.28. The summed E-state index contributed by atoms with van der Waals surface area (Å²) in [5.41, 5.74) is 6.59. The smallest absolute Gasteiger partial charge is 0.269 e. The Kier molecular flexibility index (Phi) is 4.79. The van der Waals surface area contributed by atoms with E-state index in [2.05, 4.69) is 5.32 Å². The highest BCUT2D eigenvalue weighted by Gasteiger charge is 2.13. The van der Waals surface area contributed by atoms with Gasteiger partial charge in [-0.05, 0) is 31.9 Å². The minimum Gasteiger partial charge on any atom is -0.352 e. The number of hydrogen-bond acceptors (Lipinski definition) is 4. The molecule has 0 aliphatic heterocycles. The molecule has 3 N–H and O–H groups in total. The van der Waals surface area contributed by atoms with E-state index in [4.69, 9.17) is 5.73 Å². The summed E-state index contributed by atoms with van der Waals surface area (Å²) in [6.07, 6.45) is 0.692. The quantitative estimate of drug-likeness (QED) is 0.610. The Hall–Kier alpha value is -1.95. The van der Waals surface area contributed by atoms with E-state index < -0.39 is 4.92 Å². The largest absolute Gasteiger partial charge is 0.352 e. The second-order valence-electron chi connectivity index (χ2n) is 4.28. The zero-order chi connectivity index (χ0) is 13.7. The zero-order valence-electron chi connectivity index (χ0n) is 10.5. The van der Waals surface area contributed by atoms with Gasteiger partial charge in [0, 0.05) is 30.3 Å². The standard InChI is InChI=1S/C12H17N3O3/c1-8-7-10(15(17)18)3-4-11(8)12(16)14-6-5-9(2)13/h3-4,7,9H,5-6,13H2,1-2H3,(H,14,16). The Balaban J connectivity index is 2.72. The van der Waals surface area contributed by atoms with E-state index in [1.165, 1.54) is 18.2 Å². The Morgan fingerprint density at radius 2 is 2.22 bits per heavy atom. The Morgan fingerprint density at radius 1 is 1.56 bits per heavy atom. The predicted octanol–water partition coefficient (Wildman–Crippen LogP) is 1.37. The minimum absolute atomic E-state index is 0.0142. The van der Waals surface area contributed by atoms with E-state index in [1.54, 1.807) is 6.92 Å². The highest BCUT2D eigenvalue weighted by atomic mass is 16.6. The molecule has 0 aliphatic carbocycles. The van der Waals surface area contributed by atoms with Crippen molar-refractivity contribution in [3.8, 4) is 0 Å². The van der Waals surface area contributed by atoms with Crippen LogP contribution in [-0.2, 0) is 0 Å². The number of rotatable bonds is 5. The van der Waals surface area contributed by atoms with Crippen molar-refractivity contribution in [1.29, 1.82) is 0 Å². The molecular weight excluding hydrogens is 234 g/mol. The van der Waals surface area contributed by atoms with Crippen LogP contribution in [0.3, 0.4) is 0 Å². The van der Waals surface area contributed by atoms with Crippen LogP contribution < -0.4 is 11.1 Å². The van der Waals surface area contributed by atoms with Crippen LogP contribution >= 0.6 is 0 Å². The van der Waals surface area contributed by atoms with Crippen molar-refractivity contribution in [3.63, 3.8) is 0 Å². The SMILES string of the molecule is Cc1cc([N+](=O)[O-])ccc1C(=O)NCCC(C)N. The lowest BCUT2D eigenvalue weighted by Crippen LogP contribution is -2.29. The molecule has 6 heteroatoms. The minimum atomic E-state index is -0.481. The number of carbonyl (C=O) groups excluding carboxylic acids is 1. The van der Waals surface area contributed by atoms with Crippen molar-refractivity contribution in [2.75, 3.05) is 6.54 Å². The van der Waals surface area contributed by atoms with Gasteiger partial charge in [0.2, 0.25) is 0 Å². The summed E-state index contributed by atoms with van der Waals surface area (Å²) < 4.78 is 0. The van der Waals surface area contributed by atoms with Gasteiger partial charge in [0.1, 0.15) is 0 Å². The maximum Gasteiger partial charge on any atom is 0.269 e. The van der Waals surface area contributed by atoms with Crippen molar-refractivity contribution < 1.29 is 9.72 Å². The van der Waals surface area contributed by atoms with Gasteiger partial charge in [-0.3, -0.25) is 14.9 Å². The van der Waals surface area contributed by atoms with Crippen molar-refractivity contribution in [2.45, 2.75) is 26.3 Å². The first-order valence-electron chi connectivity index (χ1n) is 5.70. The molecule has 0 aliphatic rings. The van der Waals surface area contributed by atoms with Crippen molar-refractivity contribution in [1.82, 2.24) is 5.32 Å². The van der Waals surface area contributed by atoms with E-state index in [0.717, 1.165) is 0 Å². The van der Waals surface area contributed by atoms with Crippen molar-refractivity contribution >= 4 is 11.6 Å². The molecule has 98 valence electrons. The van der Waals surface area contributed by atoms with E-state index in [1.807, 2.05) is 6.92 Å². The van der Waals surface area contributed by atoms with E-state index in [9.17, 15) is 14.9 Å². The van der Waals surface area contributed by atoms with Crippen LogP contribution in [0.4, 0.5) is 5.69 Å². The van der Waals surface area contributed by atoms with Crippen LogP contribution in [0, 0.1) is 17.0 Å². The molecule has 0 spiro atoms. The number of nitro benzene ring substituents is 1.